The zero-order chi connectivity index (χ0) is 29.7. The second-order valence-electron chi connectivity index (χ2n) is 11.0. The minimum Gasteiger partial charge on any atom is -0.324 e. The highest BCUT2D eigenvalue weighted by Crippen LogP contribution is 2.69. The fourth-order valence-electron chi connectivity index (χ4n) is 7.52. The molecule has 1 aromatic heterocycles. The number of benzene rings is 2. The molecule has 0 radical (unpaired) electrons. The maximum atomic E-state index is 13.7. The molecule has 1 saturated heterocycles. The van der Waals surface area contributed by atoms with Gasteiger partial charge in [-0.25, -0.2) is 0 Å². The van der Waals surface area contributed by atoms with E-state index < -0.39 is 53.5 Å². The number of aromatic nitrogens is 1. The van der Waals surface area contributed by atoms with Gasteiger partial charge in [0.15, 0.2) is 0 Å². The Morgan fingerprint density at radius 1 is 1.02 bits per heavy atom. The van der Waals surface area contributed by atoms with Gasteiger partial charge >= 0.3 is 11.0 Å². The van der Waals surface area contributed by atoms with Gasteiger partial charge in [0, 0.05) is 16.0 Å². The maximum Gasteiger partial charge on any atom is 0.418 e. The SMILES string of the molecule is O=C(CN1C(=O)C2C3CC(C2C1=O)C1C3Sc2[nH]c(=O)sc2[C@@H]1c1cccc(Cl)c1Cl)Nc1ccccc1C(F)(F)F. The number of carbonyl (C=O) groups excluding carboxylic acids is 3. The number of imide groups is 1. The Kier molecular flexibility index (Phi) is 6.58. The van der Waals surface area contributed by atoms with Crippen LogP contribution in [0.4, 0.5) is 18.9 Å². The van der Waals surface area contributed by atoms with E-state index >= 15 is 0 Å². The number of fused-ring (bicyclic) bond motifs is 9. The second-order valence-corrected chi connectivity index (χ2v) is 13.9. The van der Waals surface area contributed by atoms with Crippen LogP contribution in [0.3, 0.4) is 0 Å². The zero-order valence-corrected chi connectivity index (χ0v) is 24.4. The first-order chi connectivity index (χ1) is 20.0. The van der Waals surface area contributed by atoms with Gasteiger partial charge in [-0.15, -0.1) is 11.8 Å². The number of alkyl halides is 3. The first-order valence-corrected chi connectivity index (χ1v) is 15.6. The van der Waals surface area contributed by atoms with Crippen LogP contribution in [0, 0.1) is 29.6 Å². The van der Waals surface area contributed by atoms with Crippen LogP contribution in [0.1, 0.15) is 28.3 Å². The highest BCUT2D eigenvalue weighted by atomic mass is 35.5. The van der Waals surface area contributed by atoms with E-state index in [1.165, 1.54) is 23.9 Å². The van der Waals surface area contributed by atoms with Gasteiger partial charge in [-0.2, -0.15) is 13.2 Å². The summed E-state index contributed by atoms with van der Waals surface area (Å²) in [4.78, 5) is 57.0. The van der Waals surface area contributed by atoms with Gasteiger partial charge in [0.1, 0.15) is 6.54 Å². The Bertz CT molecular complexity index is 1730. The molecule has 4 aliphatic rings. The number of H-pyrrole nitrogens is 1. The number of amides is 3. The van der Waals surface area contributed by atoms with E-state index in [9.17, 15) is 32.3 Å². The molecule has 218 valence electrons. The molecule has 2 bridgehead atoms. The number of hydrogen-bond donors (Lipinski definition) is 2. The predicted molar refractivity (Wildman–Crippen MR) is 152 cm³/mol. The number of aromatic amines is 1. The van der Waals surface area contributed by atoms with Crippen LogP contribution in [0.15, 0.2) is 52.3 Å². The average molecular weight is 655 g/mol. The third-order valence-corrected chi connectivity index (χ3v) is 12.4. The average Bonchev–Trinajstić information content (AvgIpc) is 3.66. The minimum absolute atomic E-state index is 0.0989. The smallest absolute Gasteiger partial charge is 0.324 e. The molecule has 7 atom stereocenters. The van der Waals surface area contributed by atoms with E-state index in [-0.39, 0.29) is 33.8 Å². The molecule has 3 aromatic rings. The number of likely N-dealkylation sites (tertiary alicyclic amines) is 1. The summed E-state index contributed by atoms with van der Waals surface area (Å²) in [6.45, 7) is -0.678. The Labute approximate surface area is 254 Å². The standard InChI is InChI=1S/C28H20Cl2F3N3O4S2/c29-14-6-3-4-10(21(14)30)17-18-11-8-12(22(18)41-24-23(17)42-27(40)35-24)20-19(11)25(38)36(26(20)39)9-16(37)34-15-7-2-1-5-13(15)28(31,32)33/h1-7,11-12,17-20,22H,8-9H2,(H,34,37)(H,35,40)/t11?,12?,17-,18?,19?,20?,22?/m1/s1. The predicted octanol–water partition coefficient (Wildman–Crippen LogP) is 5.87. The molecular formula is C28H20Cl2F3N3O4S2. The van der Waals surface area contributed by atoms with Crippen molar-refractivity contribution in [2.45, 2.75) is 28.8 Å². The fraction of sp³-hybridized carbons (Fsp3) is 0.357. The van der Waals surface area contributed by atoms with Crippen LogP contribution in [-0.4, -0.2) is 39.4 Å². The van der Waals surface area contributed by atoms with Crippen molar-refractivity contribution >= 4 is 69.7 Å². The molecule has 2 aromatic carbocycles. The largest absolute Gasteiger partial charge is 0.418 e. The number of hydrogen-bond acceptors (Lipinski definition) is 6. The Hall–Kier alpha value is -2.80. The summed E-state index contributed by atoms with van der Waals surface area (Å²) >= 11 is 15.6. The summed E-state index contributed by atoms with van der Waals surface area (Å²) in [6, 6.07) is 9.85. The molecule has 7 nitrogen and oxygen atoms in total. The van der Waals surface area contributed by atoms with Crippen LogP contribution in [0.2, 0.25) is 10.0 Å². The molecule has 3 amide bonds. The number of nitrogens with zero attached hydrogens (tertiary/aromatic N) is 1. The summed E-state index contributed by atoms with van der Waals surface area (Å²) in [5.41, 5.74) is -0.723. The monoisotopic (exact) mass is 653 g/mol. The maximum absolute atomic E-state index is 13.7. The summed E-state index contributed by atoms with van der Waals surface area (Å²) < 4.78 is 40.2. The van der Waals surface area contributed by atoms with Crippen molar-refractivity contribution in [3.8, 4) is 0 Å². The molecule has 7 rings (SSSR count). The number of carbonyl (C=O) groups is 3. The van der Waals surface area contributed by atoms with Crippen molar-refractivity contribution in [1.29, 1.82) is 0 Å². The normalized spacial score (nSPS) is 29.5. The molecule has 3 fully saturated rings. The molecule has 2 N–H and O–H groups in total. The van der Waals surface area contributed by atoms with E-state index in [1.807, 2.05) is 6.07 Å². The molecule has 2 aliphatic carbocycles. The molecule has 6 unspecified atom stereocenters. The first kappa shape index (κ1) is 28.0. The molecule has 3 heterocycles. The number of halogens is 5. The van der Waals surface area contributed by atoms with Gasteiger partial charge in [0.25, 0.3) is 0 Å². The highest BCUT2D eigenvalue weighted by molar-refractivity contribution is 8.00. The molecule has 2 saturated carbocycles. The van der Waals surface area contributed by atoms with E-state index in [1.54, 1.807) is 12.1 Å². The molecule has 2 aliphatic heterocycles. The second kappa shape index (κ2) is 9.87. The van der Waals surface area contributed by atoms with Gasteiger partial charge in [-0.3, -0.25) is 24.1 Å². The fourth-order valence-corrected chi connectivity index (χ4v) is 10.8. The summed E-state index contributed by atoms with van der Waals surface area (Å²) in [5.74, 6) is -4.05. The number of thioether (sulfide) groups is 1. The van der Waals surface area contributed by atoms with Crippen LogP contribution >= 0.6 is 46.3 Å². The Morgan fingerprint density at radius 3 is 2.48 bits per heavy atom. The third kappa shape index (κ3) is 4.16. The van der Waals surface area contributed by atoms with Gasteiger partial charge in [0.05, 0.1) is 38.2 Å². The number of rotatable bonds is 4. The van der Waals surface area contributed by atoms with Crippen LogP contribution in [0.25, 0.3) is 0 Å². The number of nitrogens with one attached hydrogen (secondary N) is 2. The summed E-state index contributed by atoms with van der Waals surface area (Å²) in [6.07, 6.45) is -4.07. The van der Waals surface area contributed by atoms with E-state index in [0.717, 1.165) is 38.8 Å². The first-order valence-electron chi connectivity index (χ1n) is 13.1. The Balaban J connectivity index is 1.19. The van der Waals surface area contributed by atoms with Crippen LogP contribution in [0.5, 0.6) is 0 Å². The summed E-state index contributed by atoms with van der Waals surface area (Å²) in [7, 11) is 0. The van der Waals surface area contributed by atoms with E-state index in [4.69, 9.17) is 23.2 Å². The van der Waals surface area contributed by atoms with Crippen molar-refractivity contribution in [2.75, 3.05) is 11.9 Å². The summed E-state index contributed by atoms with van der Waals surface area (Å²) in [5, 5.41) is 3.57. The van der Waals surface area contributed by atoms with E-state index in [0.29, 0.717) is 21.5 Å². The van der Waals surface area contributed by atoms with Crippen molar-refractivity contribution in [1.82, 2.24) is 9.88 Å². The van der Waals surface area contributed by atoms with Crippen molar-refractivity contribution in [3.63, 3.8) is 0 Å². The van der Waals surface area contributed by atoms with Gasteiger partial charge in [0.2, 0.25) is 17.7 Å². The van der Waals surface area contributed by atoms with Gasteiger partial charge < -0.3 is 10.3 Å². The van der Waals surface area contributed by atoms with E-state index in [2.05, 4.69) is 10.3 Å². The molecule has 42 heavy (non-hydrogen) atoms. The number of para-hydroxylation sites is 1. The molecule has 14 heteroatoms. The lowest BCUT2D eigenvalue weighted by Gasteiger charge is -2.43. The quantitative estimate of drug-likeness (QED) is 0.343. The van der Waals surface area contributed by atoms with Crippen molar-refractivity contribution in [3.05, 3.63) is 78.2 Å². The van der Waals surface area contributed by atoms with Crippen molar-refractivity contribution < 1.29 is 27.6 Å². The number of thiazole rings is 1. The number of anilines is 1. The van der Waals surface area contributed by atoms with Gasteiger partial charge in [-0.1, -0.05) is 58.8 Å². The topological polar surface area (TPSA) is 99.3 Å². The lowest BCUT2D eigenvalue weighted by atomic mass is 9.68. The van der Waals surface area contributed by atoms with Gasteiger partial charge in [-0.05, 0) is 47.9 Å². The zero-order valence-electron chi connectivity index (χ0n) is 21.3. The van der Waals surface area contributed by atoms with Crippen LogP contribution in [-0.2, 0) is 20.6 Å². The lowest BCUT2D eigenvalue weighted by molar-refractivity contribution is -0.143. The lowest BCUT2D eigenvalue weighted by Crippen LogP contribution is -2.42. The molecule has 0 spiro atoms. The molecular weight excluding hydrogens is 634 g/mol. The van der Waals surface area contributed by atoms with Crippen molar-refractivity contribution in [2.24, 2.45) is 29.6 Å². The highest BCUT2D eigenvalue weighted by Gasteiger charge is 2.69. The Morgan fingerprint density at radius 2 is 1.74 bits per heavy atom. The minimum atomic E-state index is -4.69. The van der Waals surface area contributed by atoms with Crippen LogP contribution < -0.4 is 10.2 Å². The third-order valence-electron chi connectivity index (χ3n) is 8.94.